The highest BCUT2D eigenvalue weighted by atomic mass is 32.1. The molecular formula is C12H11FN2O2S. The normalized spacial score (nSPS) is 10.3. The molecule has 0 spiro atoms. The fraction of sp³-hybridized carbons (Fsp3) is 0.167. The van der Waals surface area contributed by atoms with Crippen LogP contribution in [0, 0.1) is 15.9 Å². The molecule has 0 N–H and O–H groups in total. The number of nitrogens with zero attached hydrogens (tertiary/aromatic N) is 2. The summed E-state index contributed by atoms with van der Waals surface area (Å²) in [5.41, 5.74) is 1.35. The predicted octanol–water partition coefficient (Wildman–Crippen LogP) is 3.43. The average molecular weight is 266 g/mol. The maximum Gasteiger partial charge on any atom is 0.274 e. The highest BCUT2D eigenvalue weighted by molar-refractivity contribution is 7.07. The van der Waals surface area contributed by atoms with Crippen LogP contribution in [-0.4, -0.2) is 12.0 Å². The topological polar surface area (TPSA) is 46.4 Å². The number of nitro benzene ring substituents is 1. The van der Waals surface area contributed by atoms with Gasteiger partial charge in [-0.15, -0.1) is 0 Å². The third-order valence-corrected chi connectivity index (χ3v) is 3.25. The lowest BCUT2D eigenvalue weighted by Gasteiger charge is -2.18. The third-order valence-electron chi connectivity index (χ3n) is 2.52. The lowest BCUT2D eigenvalue weighted by atomic mass is 10.2. The van der Waals surface area contributed by atoms with Gasteiger partial charge in [-0.2, -0.15) is 11.3 Å². The second kappa shape index (κ2) is 5.14. The fourth-order valence-corrected chi connectivity index (χ4v) is 2.29. The predicted molar refractivity (Wildman–Crippen MR) is 69.5 cm³/mol. The van der Waals surface area contributed by atoms with Crippen LogP contribution in [0.3, 0.4) is 0 Å². The van der Waals surface area contributed by atoms with Gasteiger partial charge in [-0.3, -0.25) is 10.1 Å². The Morgan fingerprint density at radius 3 is 2.83 bits per heavy atom. The second-order valence-electron chi connectivity index (χ2n) is 3.91. The van der Waals surface area contributed by atoms with Gasteiger partial charge in [0, 0.05) is 25.3 Å². The number of rotatable bonds is 4. The van der Waals surface area contributed by atoms with E-state index >= 15 is 0 Å². The lowest BCUT2D eigenvalue weighted by Crippen LogP contribution is -2.16. The van der Waals surface area contributed by atoms with Crippen molar-refractivity contribution in [3.63, 3.8) is 0 Å². The molecule has 4 nitrogen and oxygen atoms in total. The summed E-state index contributed by atoms with van der Waals surface area (Å²) in [7, 11) is 1.77. The summed E-state index contributed by atoms with van der Waals surface area (Å²) in [4.78, 5) is 11.9. The number of anilines is 1. The number of non-ortho nitro benzene ring substituents is 1. The Morgan fingerprint density at radius 1 is 1.44 bits per heavy atom. The Morgan fingerprint density at radius 2 is 2.22 bits per heavy atom. The van der Waals surface area contributed by atoms with Crippen molar-refractivity contribution in [1.82, 2.24) is 0 Å². The van der Waals surface area contributed by atoms with Crippen molar-refractivity contribution in [1.29, 1.82) is 0 Å². The SMILES string of the molecule is CN(Cc1ccsc1)c1cc(F)cc([N+](=O)[O-])c1. The zero-order valence-electron chi connectivity index (χ0n) is 9.67. The van der Waals surface area contributed by atoms with Gasteiger partial charge in [-0.25, -0.2) is 4.39 Å². The van der Waals surface area contributed by atoms with Crippen LogP contribution in [-0.2, 0) is 6.54 Å². The number of thiophene rings is 1. The minimum atomic E-state index is -0.601. The zero-order valence-corrected chi connectivity index (χ0v) is 10.5. The number of nitro groups is 1. The van der Waals surface area contributed by atoms with Gasteiger partial charge >= 0.3 is 0 Å². The van der Waals surface area contributed by atoms with E-state index in [1.54, 1.807) is 23.3 Å². The molecule has 94 valence electrons. The molecule has 2 rings (SSSR count). The molecule has 1 heterocycles. The van der Waals surface area contributed by atoms with Gasteiger partial charge in [-0.05, 0) is 28.5 Å². The van der Waals surface area contributed by atoms with E-state index in [9.17, 15) is 14.5 Å². The maximum atomic E-state index is 13.3. The Labute approximate surface area is 107 Å². The van der Waals surface area contributed by atoms with Crippen molar-refractivity contribution in [3.8, 4) is 0 Å². The van der Waals surface area contributed by atoms with Crippen LogP contribution >= 0.6 is 11.3 Å². The average Bonchev–Trinajstić information content (AvgIpc) is 2.80. The molecule has 1 aromatic heterocycles. The van der Waals surface area contributed by atoms with E-state index < -0.39 is 10.7 Å². The molecule has 0 unspecified atom stereocenters. The molecular weight excluding hydrogens is 255 g/mol. The first-order chi connectivity index (χ1) is 8.56. The largest absolute Gasteiger partial charge is 0.370 e. The number of hydrogen-bond donors (Lipinski definition) is 0. The molecule has 0 aliphatic carbocycles. The van der Waals surface area contributed by atoms with Crippen molar-refractivity contribution >= 4 is 22.7 Å². The van der Waals surface area contributed by atoms with E-state index in [4.69, 9.17) is 0 Å². The van der Waals surface area contributed by atoms with Gasteiger partial charge in [-0.1, -0.05) is 0 Å². The molecule has 0 fully saturated rings. The van der Waals surface area contributed by atoms with Gasteiger partial charge in [0.15, 0.2) is 0 Å². The number of hydrogen-bond acceptors (Lipinski definition) is 4. The van der Waals surface area contributed by atoms with Crippen LogP contribution in [0.25, 0.3) is 0 Å². The highest BCUT2D eigenvalue weighted by Gasteiger charge is 2.12. The van der Waals surface area contributed by atoms with Gasteiger partial charge in [0.05, 0.1) is 11.0 Å². The van der Waals surface area contributed by atoms with E-state index in [-0.39, 0.29) is 5.69 Å². The van der Waals surface area contributed by atoms with E-state index in [2.05, 4.69) is 0 Å². The summed E-state index contributed by atoms with van der Waals surface area (Å²) in [6.45, 7) is 0.587. The number of benzene rings is 1. The van der Waals surface area contributed by atoms with Gasteiger partial charge in [0.1, 0.15) is 5.82 Å². The van der Waals surface area contributed by atoms with Gasteiger partial charge in [0.25, 0.3) is 5.69 Å². The molecule has 18 heavy (non-hydrogen) atoms. The van der Waals surface area contributed by atoms with Crippen LogP contribution in [0.1, 0.15) is 5.56 Å². The molecule has 0 atom stereocenters. The van der Waals surface area contributed by atoms with E-state index in [1.165, 1.54) is 12.1 Å². The molecule has 0 bridgehead atoms. The van der Waals surface area contributed by atoms with E-state index in [0.717, 1.165) is 11.6 Å². The molecule has 0 radical (unpaired) electrons. The van der Waals surface area contributed by atoms with Crippen LogP contribution < -0.4 is 4.90 Å². The minimum absolute atomic E-state index is 0.234. The lowest BCUT2D eigenvalue weighted by molar-refractivity contribution is -0.385. The smallest absolute Gasteiger partial charge is 0.274 e. The van der Waals surface area contributed by atoms with Crippen molar-refractivity contribution in [2.45, 2.75) is 6.54 Å². The van der Waals surface area contributed by atoms with Gasteiger partial charge in [0.2, 0.25) is 0 Å². The quantitative estimate of drug-likeness (QED) is 0.629. The van der Waals surface area contributed by atoms with Crippen molar-refractivity contribution in [3.05, 3.63) is 56.5 Å². The summed E-state index contributed by atoms with van der Waals surface area (Å²) < 4.78 is 13.3. The fourth-order valence-electron chi connectivity index (χ4n) is 1.63. The van der Waals surface area contributed by atoms with Crippen molar-refractivity contribution in [2.24, 2.45) is 0 Å². The molecule has 0 saturated carbocycles. The molecule has 1 aromatic carbocycles. The summed E-state index contributed by atoms with van der Waals surface area (Å²) in [5, 5.41) is 14.6. The standard InChI is InChI=1S/C12H11FN2O2S/c1-14(7-9-2-3-18-8-9)11-4-10(13)5-12(6-11)15(16)17/h2-6,8H,7H2,1H3. The molecule has 0 saturated heterocycles. The summed E-state index contributed by atoms with van der Waals surface area (Å²) in [5.74, 6) is -0.601. The van der Waals surface area contributed by atoms with E-state index in [0.29, 0.717) is 12.2 Å². The van der Waals surface area contributed by atoms with E-state index in [1.807, 2.05) is 16.8 Å². The maximum absolute atomic E-state index is 13.3. The first-order valence-corrected chi connectivity index (χ1v) is 6.18. The number of halogens is 1. The van der Waals surface area contributed by atoms with Crippen LogP contribution in [0.4, 0.5) is 15.8 Å². The van der Waals surface area contributed by atoms with Crippen LogP contribution in [0.15, 0.2) is 35.0 Å². The summed E-state index contributed by atoms with van der Waals surface area (Å²) in [6.07, 6.45) is 0. The summed E-state index contributed by atoms with van der Waals surface area (Å²) in [6, 6.07) is 5.55. The summed E-state index contributed by atoms with van der Waals surface area (Å²) >= 11 is 1.58. The van der Waals surface area contributed by atoms with Crippen LogP contribution in [0.2, 0.25) is 0 Å². The Bertz CT molecular complexity index is 557. The van der Waals surface area contributed by atoms with Crippen LogP contribution in [0.5, 0.6) is 0 Å². The van der Waals surface area contributed by atoms with Crippen molar-refractivity contribution < 1.29 is 9.31 Å². The molecule has 0 aliphatic rings. The third kappa shape index (κ3) is 2.84. The zero-order chi connectivity index (χ0) is 13.1. The first kappa shape index (κ1) is 12.5. The highest BCUT2D eigenvalue weighted by Crippen LogP contribution is 2.24. The molecule has 0 amide bonds. The molecule has 6 heteroatoms. The first-order valence-electron chi connectivity index (χ1n) is 5.23. The minimum Gasteiger partial charge on any atom is -0.370 e. The Balaban J connectivity index is 2.24. The second-order valence-corrected chi connectivity index (χ2v) is 4.69. The Hall–Kier alpha value is -1.95. The monoisotopic (exact) mass is 266 g/mol. The Kier molecular flexibility index (Phi) is 3.57. The van der Waals surface area contributed by atoms with Gasteiger partial charge < -0.3 is 4.90 Å². The molecule has 0 aliphatic heterocycles. The van der Waals surface area contributed by atoms with Crippen molar-refractivity contribution in [2.75, 3.05) is 11.9 Å². The molecule has 2 aromatic rings.